The quantitative estimate of drug-likeness (QED) is 0.106. The molecule has 15 nitrogen and oxygen atoms in total. The standard InChI is InChI=1S/C44H59Cl2N3O12/c1-25(2)19-34-40(54)59-32(26(3)38(52)37(46)29-16-13-27(14-17-29)23-58-36(51)22-47-42(56)61-43(4,5)6)11-10-12-35(50)49-31(21-28-15-18-33(57-9)30(45)20-28)39(53)48-24-44(7,8)41(55)60-34/h10,12-18,20,25-26,31-32,34,37-38,52H,11,19,21-24H2,1-9H3,(H,47,56)(H,48,53)(H,49,50)/t26-,31+,32-,34-,37-,38+/m0/s1. The molecule has 0 aliphatic carbocycles. The minimum absolute atomic E-state index is 0.0521. The first-order chi connectivity index (χ1) is 28.5. The highest BCUT2D eigenvalue weighted by molar-refractivity contribution is 6.32. The van der Waals surface area contributed by atoms with Crippen molar-refractivity contribution < 1.29 is 57.6 Å². The average molecular weight is 893 g/mol. The van der Waals surface area contributed by atoms with Crippen LogP contribution in [0.1, 0.15) is 90.3 Å². The lowest BCUT2D eigenvalue weighted by molar-refractivity contribution is -0.180. The molecular weight excluding hydrogens is 833 g/mol. The summed E-state index contributed by atoms with van der Waals surface area (Å²) in [5.41, 5.74) is -0.275. The van der Waals surface area contributed by atoms with Gasteiger partial charge in [-0.3, -0.25) is 19.2 Å². The molecule has 336 valence electrons. The molecule has 1 aliphatic rings. The zero-order chi connectivity index (χ0) is 45.7. The van der Waals surface area contributed by atoms with E-state index in [0.29, 0.717) is 27.5 Å². The zero-order valence-corrected chi connectivity index (χ0v) is 37.7. The Morgan fingerprint density at radius 3 is 2.28 bits per heavy atom. The Morgan fingerprint density at radius 1 is 1.02 bits per heavy atom. The lowest BCUT2D eigenvalue weighted by atomic mass is 9.90. The monoisotopic (exact) mass is 891 g/mol. The van der Waals surface area contributed by atoms with E-state index in [-0.39, 0.29) is 44.9 Å². The van der Waals surface area contributed by atoms with Gasteiger partial charge in [0.1, 0.15) is 36.6 Å². The summed E-state index contributed by atoms with van der Waals surface area (Å²) in [7, 11) is 1.48. The number of rotatable bonds is 13. The maximum atomic E-state index is 13.8. The van der Waals surface area contributed by atoms with Gasteiger partial charge in [-0.1, -0.05) is 68.8 Å². The Labute approximate surface area is 367 Å². The number of alkyl halides is 1. The minimum atomic E-state index is -1.32. The van der Waals surface area contributed by atoms with Gasteiger partial charge in [0.25, 0.3) is 0 Å². The summed E-state index contributed by atoms with van der Waals surface area (Å²) in [6, 6.07) is 10.5. The van der Waals surface area contributed by atoms with E-state index in [1.54, 1.807) is 84.0 Å². The minimum Gasteiger partial charge on any atom is -0.495 e. The summed E-state index contributed by atoms with van der Waals surface area (Å²) in [4.78, 5) is 78.2. The lowest BCUT2D eigenvalue weighted by Crippen LogP contribution is -2.51. The molecule has 0 saturated heterocycles. The molecule has 3 amide bonds. The molecule has 1 heterocycles. The smallest absolute Gasteiger partial charge is 0.408 e. The number of benzene rings is 2. The number of nitrogens with one attached hydrogen (secondary N) is 3. The van der Waals surface area contributed by atoms with Crippen LogP contribution in [-0.2, 0) is 55.9 Å². The van der Waals surface area contributed by atoms with Crippen LogP contribution >= 0.6 is 23.2 Å². The maximum absolute atomic E-state index is 13.8. The van der Waals surface area contributed by atoms with Crippen LogP contribution in [0.25, 0.3) is 0 Å². The third kappa shape index (κ3) is 16.5. The number of ether oxygens (including phenoxy) is 5. The molecule has 0 aromatic heterocycles. The molecule has 0 spiro atoms. The highest BCUT2D eigenvalue weighted by Gasteiger charge is 2.38. The molecule has 1 aliphatic heterocycles. The Kier molecular flexibility index (Phi) is 18.9. The summed E-state index contributed by atoms with van der Waals surface area (Å²) in [6.07, 6.45) is -1.65. The zero-order valence-electron chi connectivity index (χ0n) is 36.2. The summed E-state index contributed by atoms with van der Waals surface area (Å²) in [5, 5.41) is 18.7. The van der Waals surface area contributed by atoms with E-state index in [9.17, 15) is 33.9 Å². The molecule has 0 radical (unpaired) electrons. The van der Waals surface area contributed by atoms with Gasteiger partial charge in [-0.05, 0) is 81.9 Å². The number of esters is 3. The van der Waals surface area contributed by atoms with Crippen LogP contribution < -0.4 is 20.7 Å². The summed E-state index contributed by atoms with van der Waals surface area (Å²) >= 11 is 13.2. The Hall–Kier alpha value is -4.86. The number of cyclic esters (lactones) is 2. The largest absolute Gasteiger partial charge is 0.495 e. The molecule has 0 bridgehead atoms. The molecule has 0 unspecified atom stereocenters. The molecule has 3 rings (SSSR count). The molecule has 4 N–H and O–H groups in total. The van der Waals surface area contributed by atoms with Gasteiger partial charge in [0, 0.05) is 25.3 Å². The van der Waals surface area contributed by atoms with Gasteiger partial charge in [0.05, 0.1) is 29.0 Å². The van der Waals surface area contributed by atoms with Gasteiger partial charge < -0.3 is 44.7 Å². The van der Waals surface area contributed by atoms with Crippen LogP contribution in [-0.4, -0.2) is 91.1 Å². The van der Waals surface area contributed by atoms with Crippen molar-refractivity contribution in [3.63, 3.8) is 0 Å². The van der Waals surface area contributed by atoms with Crippen molar-refractivity contribution in [3.8, 4) is 5.75 Å². The van der Waals surface area contributed by atoms with Crippen molar-refractivity contribution in [2.75, 3.05) is 20.2 Å². The fourth-order valence-corrected chi connectivity index (χ4v) is 6.63. The average Bonchev–Trinajstić information content (AvgIpc) is 3.18. The van der Waals surface area contributed by atoms with E-state index in [0.717, 1.165) is 0 Å². The number of hydrogen-bond donors (Lipinski definition) is 4. The first kappa shape index (κ1) is 50.5. The topological polar surface area (TPSA) is 205 Å². The van der Waals surface area contributed by atoms with E-state index in [1.165, 1.54) is 19.3 Å². The molecule has 61 heavy (non-hydrogen) atoms. The number of carbonyl (C=O) groups excluding carboxylic acids is 6. The molecule has 0 saturated carbocycles. The number of aliphatic hydroxyl groups excluding tert-OH is 1. The number of amides is 3. The fourth-order valence-electron chi connectivity index (χ4n) is 5.97. The van der Waals surface area contributed by atoms with E-state index < -0.39 is 82.5 Å². The van der Waals surface area contributed by atoms with Gasteiger partial charge in [0.2, 0.25) is 11.8 Å². The van der Waals surface area contributed by atoms with Crippen molar-refractivity contribution >= 4 is 59.0 Å². The van der Waals surface area contributed by atoms with Crippen LogP contribution in [0.15, 0.2) is 54.6 Å². The van der Waals surface area contributed by atoms with Gasteiger partial charge in [-0.25, -0.2) is 9.59 Å². The van der Waals surface area contributed by atoms with Gasteiger partial charge in [0.15, 0.2) is 6.10 Å². The van der Waals surface area contributed by atoms with Crippen molar-refractivity contribution in [2.45, 2.75) is 117 Å². The second-order valence-corrected chi connectivity index (χ2v) is 17.9. The second-order valence-electron chi connectivity index (χ2n) is 17.0. The van der Waals surface area contributed by atoms with Crippen LogP contribution in [0, 0.1) is 17.3 Å². The number of carbonyl (C=O) groups is 6. The number of hydrogen-bond acceptors (Lipinski definition) is 12. The van der Waals surface area contributed by atoms with Crippen LogP contribution in [0.4, 0.5) is 4.79 Å². The van der Waals surface area contributed by atoms with E-state index in [1.807, 2.05) is 13.8 Å². The fraction of sp³-hybridized carbons (Fsp3) is 0.545. The maximum Gasteiger partial charge on any atom is 0.408 e. The highest BCUT2D eigenvalue weighted by Crippen LogP contribution is 2.33. The lowest BCUT2D eigenvalue weighted by Gasteiger charge is -2.32. The first-order valence-corrected chi connectivity index (χ1v) is 20.8. The molecular formula is C44H59Cl2N3O12. The molecule has 2 aromatic carbocycles. The van der Waals surface area contributed by atoms with Gasteiger partial charge >= 0.3 is 24.0 Å². The van der Waals surface area contributed by atoms with Gasteiger partial charge in [-0.15, -0.1) is 11.6 Å². The second kappa shape index (κ2) is 22.8. The first-order valence-electron chi connectivity index (χ1n) is 20.0. The van der Waals surface area contributed by atoms with Crippen molar-refractivity contribution in [1.29, 1.82) is 0 Å². The third-order valence-electron chi connectivity index (χ3n) is 9.55. The predicted octanol–water partition coefficient (Wildman–Crippen LogP) is 5.89. The van der Waals surface area contributed by atoms with E-state index in [2.05, 4.69) is 16.0 Å². The molecule has 2 aromatic rings. The third-order valence-corrected chi connectivity index (χ3v) is 10.4. The highest BCUT2D eigenvalue weighted by atomic mass is 35.5. The van der Waals surface area contributed by atoms with Crippen LogP contribution in [0.5, 0.6) is 5.75 Å². The van der Waals surface area contributed by atoms with Crippen LogP contribution in [0.3, 0.4) is 0 Å². The number of aliphatic hydroxyl groups is 1. The SMILES string of the molecule is COc1ccc(C[C@H]2NC(=O)C=CC[C@@H]([C@H](C)[C@@H](O)[C@@H](Cl)c3ccc(COC(=O)CNC(=O)OC(C)(C)C)cc3)OC(=O)[C@H](CC(C)C)OC(=O)C(C)(C)CNC2=O)cc1Cl. The van der Waals surface area contributed by atoms with E-state index in [4.69, 9.17) is 46.9 Å². The number of methoxy groups -OCH3 is 1. The number of halogens is 2. The summed E-state index contributed by atoms with van der Waals surface area (Å²) < 4.78 is 27.3. The molecule has 0 fully saturated rings. The Bertz CT molecular complexity index is 1880. The van der Waals surface area contributed by atoms with Crippen molar-refractivity contribution in [2.24, 2.45) is 17.3 Å². The number of alkyl carbamates (subject to hydrolysis) is 1. The van der Waals surface area contributed by atoms with Crippen molar-refractivity contribution in [3.05, 3.63) is 76.3 Å². The van der Waals surface area contributed by atoms with E-state index >= 15 is 0 Å². The molecule has 17 heteroatoms. The normalized spacial score (nSPS) is 20.6. The summed E-state index contributed by atoms with van der Waals surface area (Å²) in [5.74, 6) is -3.96. The van der Waals surface area contributed by atoms with Crippen LogP contribution in [0.2, 0.25) is 5.02 Å². The van der Waals surface area contributed by atoms with Crippen molar-refractivity contribution in [1.82, 2.24) is 16.0 Å². The Balaban J connectivity index is 1.83. The molecule has 6 atom stereocenters. The predicted molar refractivity (Wildman–Crippen MR) is 228 cm³/mol. The Morgan fingerprint density at radius 2 is 1.67 bits per heavy atom. The summed E-state index contributed by atoms with van der Waals surface area (Å²) in [6.45, 7) is 12.9. The van der Waals surface area contributed by atoms with Gasteiger partial charge in [-0.2, -0.15) is 0 Å².